The van der Waals surface area contributed by atoms with E-state index in [9.17, 15) is 4.39 Å². The van der Waals surface area contributed by atoms with E-state index in [-0.39, 0.29) is 5.82 Å². The van der Waals surface area contributed by atoms with Gasteiger partial charge in [0.2, 0.25) is 0 Å². The maximum Gasteiger partial charge on any atom is 0.191 e. The highest BCUT2D eigenvalue weighted by Gasteiger charge is 2.15. The second-order valence-electron chi connectivity index (χ2n) is 6.40. The van der Waals surface area contributed by atoms with Gasteiger partial charge in [0.15, 0.2) is 5.96 Å². The Labute approximate surface area is 165 Å². The van der Waals surface area contributed by atoms with Gasteiger partial charge in [-0.15, -0.1) is 0 Å². The molecule has 2 N–H and O–H groups in total. The van der Waals surface area contributed by atoms with Crippen molar-refractivity contribution in [2.45, 2.75) is 6.54 Å². The molecule has 1 fully saturated rings. The van der Waals surface area contributed by atoms with Crippen LogP contribution >= 0.6 is 0 Å². The molecule has 0 amide bonds. The third-order valence-corrected chi connectivity index (χ3v) is 4.45. The number of benzene rings is 2. The zero-order valence-corrected chi connectivity index (χ0v) is 16.2. The van der Waals surface area contributed by atoms with Gasteiger partial charge in [0.1, 0.15) is 18.2 Å². The lowest BCUT2D eigenvalue weighted by atomic mass is 10.1. The Morgan fingerprint density at radius 1 is 1.14 bits per heavy atom. The molecule has 1 saturated heterocycles. The molecule has 0 aliphatic carbocycles. The molecule has 1 aliphatic heterocycles. The molecule has 0 saturated carbocycles. The number of ether oxygens (including phenoxy) is 2. The number of guanidine groups is 1. The molecule has 0 radical (unpaired) electrons. The lowest BCUT2D eigenvalue weighted by molar-refractivity contribution is 0.122. The fraction of sp³-hybridized carbons (Fsp3) is 0.381. The van der Waals surface area contributed by atoms with Gasteiger partial charge in [-0.3, -0.25) is 4.99 Å². The predicted octanol–water partition coefficient (Wildman–Crippen LogP) is 2.41. The first-order chi connectivity index (χ1) is 13.8. The Kier molecular flexibility index (Phi) is 7.49. The molecule has 3 rings (SSSR count). The van der Waals surface area contributed by atoms with Gasteiger partial charge in [-0.05, 0) is 29.8 Å². The first kappa shape index (κ1) is 19.9. The first-order valence-electron chi connectivity index (χ1n) is 9.50. The van der Waals surface area contributed by atoms with Crippen LogP contribution in [-0.2, 0) is 11.3 Å². The van der Waals surface area contributed by atoms with Crippen LogP contribution in [0, 0.1) is 5.82 Å². The quantitative estimate of drug-likeness (QED) is 0.435. The Morgan fingerprint density at radius 3 is 2.64 bits per heavy atom. The molecule has 6 nitrogen and oxygen atoms in total. The highest BCUT2D eigenvalue weighted by atomic mass is 19.1. The molecule has 0 atom stereocenters. The van der Waals surface area contributed by atoms with E-state index in [1.807, 2.05) is 47.4 Å². The van der Waals surface area contributed by atoms with Gasteiger partial charge in [0, 0.05) is 26.7 Å². The van der Waals surface area contributed by atoms with Crippen LogP contribution in [0.5, 0.6) is 5.75 Å². The molecule has 1 heterocycles. The monoisotopic (exact) mass is 386 g/mol. The number of hydrogen-bond acceptors (Lipinski definition) is 4. The topological polar surface area (TPSA) is 58.1 Å². The van der Waals surface area contributed by atoms with E-state index in [4.69, 9.17) is 9.47 Å². The van der Waals surface area contributed by atoms with Crippen molar-refractivity contribution in [2.24, 2.45) is 4.99 Å². The molecule has 0 spiro atoms. The van der Waals surface area contributed by atoms with Crippen LogP contribution in [0.4, 0.5) is 10.1 Å². The molecular weight excluding hydrogens is 359 g/mol. The SMILES string of the molecule is CN=C(NCCOc1ccccc1)NCc1ccc(N2CCOCC2)c(F)c1. The molecule has 28 heavy (non-hydrogen) atoms. The van der Waals surface area contributed by atoms with Crippen LogP contribution in [0.1, 0.15) is 5.56 Å². The van der Waals surface area contributed by atoms with E-state index in [1.54, 1.807) is 13.1 Å². The minimum absolute atomic E-state index is 0.208. The van der Waals surface area contributed by atoms with Crippen molar-refractivity contribution in [1.82, 2.24) is 10.6 Å². The molecular formula is C21H27FN4O2. The Morgan fingerprint density at radius 2 is 1.93 bits per heavy atom. The van der Waals surface area contributed by atoms with Crippen LogP contribution in [0.15, 0.2) is 53.5 Å². The average Bonchev–Trinajstić information content (AvgIpc) is 2.74. The van der Waals surface area contributed by atoms with E-state index in [0.29, 0.717) is 44.6 Å². The summed E-state index contributed by atoms with van der Waals surface area (Å²) in [5.41, 5.74) is 1.49. The van der Waals surface area contributed by atoms with Crippen molar-refractivity contribution in [3.8, 4) is 5.75 Å². The zero-order chi connectivity index (χ0) is 19.6. The second kappa shape index (κ2) is 10.5. The molecule has 0 unspecified atom stereocenters. The summed E-state index contributed by atoms with van der Waals surface area (Å²) in [4.78, 5) is 6.20. The summed E-state index contributed by atoms with van der Waals surface area (Å²) in [7, 11) is 1.70. The van der Waals surface area contributed by atoms with E-state index in [0.717, 1.165) is 24.4 Å². The summed E-state index contributed by atoms with van der Waals surface area (Å²) in [5.74, 6) is 1.28. The summed E-state index contributed by atoms with van der Waals surface area (Å²) in [6.07, 6.45) is 0. The molecule has 2 aromatic rings. The maximum atomic E-state index is 14.5. The minimum atomic E-state index is -0.208. The fourth-order valence-electron chi connectivity index (χ4n) is 2.98. The minimum Gasteiger partial charge on any atom is -0.492 e. The standard InChI is InChI=1S/C21H27FN4O2/c1-23-21(24-9-12-28-18-5-3-2-4-6-18)25-16-17-7-8-20(19(22)15-17)26-10-13-27-14-11-26/h2-8,15H,9-14,16H2,1H3,(H2,23,24,25). The van der Waals surface area contributed by atoms with E-state index in [1.165, 1.54) is 0 Å². The van der Waals surface area contributed by atoms with Crippen molar-refractivity contribution in [3.05, 3.63) is 59.9 Å². The maximum absolute atomic E-state index is 14.5. The summed E-state index contributed by atoms with van der Waals surface area (Å²) < 4.78 is 25.4. The number of halogens is 1. The van der Waals surface area contributed by atoms with Gasteiger partial charge in [-0.25, -0.2) is 4.39 Å². The smallest absolute Gasteiger partial charge is 0.191 e. The lowest BCUT2D eigenvalue weighted by Gasteiger charge is -2.29. The second-order valence-corrected chi connectivity index (χ2v) is 6.40. The third kappa shape index (κ3) is 5.85. The summed E-state index contributed by atoms with van der Waals surface area (Å²) in [6, 6.07) is 15.0. The fourth-order valence-corrected chi connectivity index (χ4v) is 2.98. The largest absolute Gasteiger partial charge is 0.492 e. The summed E-state index contributed by atoms with van der Waals surface area (Å²) >= 11 is 0. The molecule has 0 aromatic heterocycles. The number of anilines is 1. The number of aliphatic imine (C=N–C) groups is 1. The first-order valence-corrected chi connectivity index (χ1v) is 9.50. The van der Waals surface area contributed by atoms with Crippen molar-refractivity contribution in [2.75, 3.05) is 51.4 Å². The number of morpholine rings is 1. The number of para-hydroxylation sites is 1. The normalized spacial score (nSPS) is 14.6. The summed E-state index contributed by atoms with van der Waals surface area (Å²) in [5, 5.41) is 6.38. The summed E-state index contributed by atoms with van der Waals surface area (Å²) in [6.45, 7) is 4.33. The van der Waals surface area contributed by atoms with Crippen LogP contribution in [0.2, 0.25) is 0 Å². The van der Waals surface area contributed by atoms with E-state index >= 15 is 0 Å². The Hall–Kier alpha value is -2.80. The van der Waals surface area contributed by atoms with Crippen molar-refractivity contribution >= 4 is 11.6 Å². The van der Waals surface area contributed by atoms with E-state index < -0.39 is 0 Å². The van der Waals surface area contributed by atoms with E-state index in [2.05, 4.69) is 15.6 Å². The van der Waals surface area contributed by atoms with Crippen molar-refractivity contribution < 1.29 is 13.9 Å². The lowest BCUT2D eigenvalue weighted by Crippen LogP contribution is -2.39. The van der Waals surface area contributed by atoms with Gasteiger partial charge in [-0.1, -0.05) is 24.3 Å². The van der Waals surface area contributed by atoms with Crippen LogP contribution in [-0.4, -0.2) is 52.5 Å². The molecule has 150 valence electrons. The van der Waals surface area contributed by atoms with Gasteiger partial charge >= 0.3 is 0 Å². The zero-order valence-electron chi connectivity index (χ0n) is 16.2. The Balaban J connectivity index is 1.43. The Bertz CT molecular complexity index is 764. The highest BCUT2D eigenvalue weighted by molar-refractivity contribution is 5.79. The molecule has 2 aromatic carbocycles. The predicted molar refractivity (Wildman–Crippen MR) is 110 cm³/mol. The third-order valence-electron chi connectivity index (χ3n) is 4.45. The van der Waals surface area contributed by atoms with Gasteiger partial charge in [-0.2, -0.15) is 0 Å². The van der Waals surface area contributed by atoms with Gasteiger partial charge < -0.3 is 25.0 Å². The molecule has 1 aliphatic rings. The van der Waals surface area contributed by atoms with Gasteiger partial charge in [0.25, 0.3) is 0 Å². The van der Waals surface area contributed by atoms with Crippen molar-refractivity contribution in [3.63, 3.8) is 0 Å². The van der Waals surface area contributed by atoms with Crippen molar-refractivity contribution in [1.29, 1.82) is 0 Å². The highest BCUT2D eigenvalue weighted by Crippen LogP contribution is 2.21. The number of hydrogen-bond donors (Lipinski definition) is 2. The van der Waals surface area contributed by atoms with Crippen LogP contribution in [0.25, 0.3) is 0 Å². The molecule has 7 heteroatoms. The van der Waals surface area contributed by atoms with Gasteiger partial charge in [0.05, 0.1) is 25.4 Å². The number of nitrogens with one attached hydrogen (secondary N) is 2. The number of rotatable bonds is 7. The van der Waals surface area contributed by atoms with Crippen LogP contribution in [0.3, 0.4) is 0 Å². The molecule has 0 bridgehead atoms. The van der Waals surface area contributed by atoms with Crippen LogP contribution < -0.4 is 20.3 Å². The average molecular weight is 386 g/mol. The number of nitrogens with zero attached hydrogens (tertiary/aromatic N) is 2.